The van der Waals surface area contributed by atoms with E-state index in [1.165, 1.54) is 0 Å². The molecule has 132 valence electrons. The molecule has 2 aromatic heterocycles. The van der Waals surface area contributed by atoms with Crippen LogP contribution in [0.25, 0.3) is 0 Å². The van der Waals surface area contributed by atoms with Crippen LogP contribution in [0.15, 0.2) is 24.7 Å². The monoisotopic (exact) mass is 340 g/mol. The van der Waals surface area contributed by atoms with Gasteiger partial charge in [-0.05, 0) is 19.8 Å². The number of nitrogens with one attached hydrogen (secondary N) is 1. The van der Waals surface area contributed by atoms with Crippen LogP contribution in [-0.4, -0.2) is 43.8 Å². The number of carbonyl (C=O) groups is 1. The predicted octanol–water partition coefficient (Wildman–Crippen LogP) is 2.68. The van der Waals surface area contributed by atoms with Gasteiger partial charge in [0.15, 0.2) is 0 Å². The Morgan fingerprint density at radius 2 is 2.12 bits per heavy atom. The van der Waals surface area contributed by atoms with E-state index < -0.39 is 0 Å². The van der Waals surface area contributed by atoms with Crippen LogP contribution in [0.5, 0.6) is 0 Å². The molecule has 0 spiro atoms. The molecule has 1 aliphatic rings. The highest BCUT2D eigenvalue weighted by Gasteiger charge is 2.27. The highest BCUT2D eigenvalue weighted by atomic mass is 16.2. The van der Waals surface area contributed by atoms with Crippen LogP contribution in [0.4, 0.5) is 11.6 Å². The minimum Gasteiger partial charge on any atom is -0.342 e. The number of carbonyl (C=O) groups excluding carboxylic acids is 1. The Kier molecular flexibility index (Phi) is 5.21. The number of hydrogen-bond acceptors (Lipinski definition) is 6. The zero-order valence-electron chi connectivity index (χ0n) is 14.9. The lowest BCUT2D eigenvalue weighted by Crippen LogP contribution is -2.41. The van der Waals surface area contributed by atoms with Gasteiger partial charge in [-0.3, -0.25) is 9.78 Å². The summed E-state index contributed by atoms with van der Waals surface area (Å²) in [6.07, 6.45) is 6.95. The minimum atomic E-state index is 0.0276. The summed E-state index contributed by atoms with van der Waals surface area (Å²) < 4.78 is 0. The maximum absolute atomic E-state index is 12.3. The van der Waals surface area contributed by atoms with Crippen molar-refractivity contribution in [1.29, 1.82) is 0 Å². The van der Waals surface area contributed by atoms with Gasteiger partial charge < -0.3 is 10.2 Å². The van der Waals surface area contributed by atoms with Gasteiger partial charge in [0.1, 0.15) is 17.5 Å². The molecule has 0 radical (unpaired) electrons. The summed E-state index contributed by atoms with van der Waals surface area (Å²) >= 11 is 0. The average molecular weight is 340 g/mol. The van der Waals surface area contributed by atoms with Crippen LogP contribution in [0.3, 0.4) is 0 Å². The maximum atomic E-state index is 12.3. The van der Waals surface area contributed by atoms with E-state index in [0.717, 1.165) is 31.6 Å². The number of hydrogen-bond donors (Lipinski definition) is 1. The molecule has 7 nitrogen and oxygen atoms in total. The summed E-state index contributed by atoms with van der Waals surface area (Å²) in [4.78, 5) is 31.6. The van der Waals surface area contributed by atoms with E-state index in [9.17, 15) is 4.79 Å². The third-order valence-corrected chi connectivity index (χ3v) is 4.32. The second-order valence-electron chi connectivity index (χ2n) is 6.72. The molecule has 1 saturated heterocycles. The van der Waals surface area contributed by atoms with E-state index >= 15 is 0 Å². The van der Waals surface area contributed by atoms with E-state index in [0.29, 0.717) is 17.5 Å². The molecule has 0 bridgehead atoms. The van der Waals surface area contributed by atoms with E-state index in [4.69, 9.17) is 0 Å². The van der Waals surface area contributed by atoms with E-state index in [1.54, 1.807) is 18.6 Å². The van der Waals surface area contributed by atoms with Gasteiger partial charge in [0.25, 0.3) is 0 Å². The predicted molar refractivity (Wildman–Crippen MR) is 95.5 cm³/mol. The van der Waals surface area contributed by atoms with Gasteiger partial charge in [0.2, 0.25) is 5.91 Å². The molecular weight excluding hydrogens is 316 g/mol. The molecule has 0 aliphatic carbocycles. The molecule has 1 atom stereocenters. The van der Waals surface area contributed by atoms with Crippen LogP contribution in [0.1, 0.15) is 44.1 Å². The Morgan fingerprint density at radius 3 is 2.84 bits per heavy atom. The first-order valence-corrected chi connectivity index (χ1v) is 8.70. The summed E-state index contributed by atoms with van der Waals surface area (Å²) in [5, 5.41) is 3.17. The number of likely N-dealkylation sites (tertiary alicyclic amines) is 1. The molecule has 3 heterocycles. The van der Waals surface area contributed by atoms with Gasteiger partial charge in [-0.15, -0.1) is 0 Å². The second kappa shape index (κ2) is 7.55. The Hall–Kier alpha value is -2.57. The Labute approximate surface area is 147 Å². The quantitative estimate of drug-likeness (QED) is 0.921. The van der Waals surface area contributed by atoms with E-state index in [2.05, 4.69) is 25.3 Å². The summed E-state index contributed by atoms with van der Waals surface area (Å²) in [7, 11) is 0. The number of aromatic nitrogens is 4. The van der Waals surface area contributed by atoms with Crippen molar-refractivity contribution in [1.82, 2.24) is 24.8 Å². The SMILES string of the molecule is Cc1nc(Nc2cnccn2)cc(C2CCCN(C(=O)C(C)C)C2)n1. The van der Waals surface area contributed by atoms with Gasteiger partial charge >= 0.3 is 0 Å². The lowest BCUT2D eigenvalue weighted by molar-refractivity contribution is -0.135. The van der Waals surface area contributed by atoms with Crippen molar-refractivity contribution >= 4 is 17.5 Å². The third kappa shape index (κ3) is 4.29. The van der Waals surface area contributed by atoms with E-state index in [-0.39, 0.29) is 17.7 Å². The zero-order valence-corrected chi connectivity index (χ0v) is 14.9. The Bertz CT molecular complexity index is 734. The highest BCUT2D eigenvalue weighted by molar-refractivity contribution is 5.78. The Balaban J connectivity index is 1.78. The van der Waals surface area contributed by atoms with Crippen LogP contribution in [-0.2, 0) is 4.79 Å². The molecular formula is C18H24N6O. The molecule has 1 unspecified atom stereocenters. The van der Waals surface area contributed by atoms with Gasteiger partial charge in [0, 0.05) is 43.4 Å². The zero-order chi connectivity index (χ0) is 17.8. The standard InChI is InChI=1S/C18H24N6O/c1-12(2)18(25)24-8-4-5-14(11-24)15-9-16(22-13(3)21-15)23-17-10-19-6-7-20-17/h6-7,9-10,12,14H,4-5,8,11H2,1-3H3,(H,20,21,22,23). The number of anilines is 2. The van der Waals surface area contributed by atoms with E-state index in [1.807, 2.05) is 31.7 Å². The van der Waals surface area contributed by atoms with Crippen molar-refractivity contribution in [2.45, 2.75) is 39.5 Å². The summed E-state index contributed by atoms with van der Waals surface area (Å²) in [6, 6.07) is 1.95. The second-order valence-corrected chi connectivity index (χ2v) is 6.72. The number of piperidine rings is 1. The number of aryl methyl sites for hydroxylation is 1. The van der Waals surface area contributed by atoms with Gasteiger partial charge in [-0.1, -0.05) is 13.8 Å². The molecule has 25 heavy (non-hydrogen) atoms. The Morgan fingerprint density at radius 1 is 1.28 bits per heavy atom. The van der Waals surface area contributed by atoms with Crippen molar-refractivity contribution in [3.05, 3.63) is 36.2 Å². The molecule has 1 amide bonds. The molecule has 0 aromatic carbocycles. The van der Waals surface area contributed by atoms with Crippen molar-refractivity contribution in [2.75, 3.05) is 18.4 Å². The summed E-state index contributed by atoms with van der Waals surface area (Å²) in [5.74, 6) is 2.53. The summed E-state index contributed by atoms with van der Waals surface area (Å²) in [6.45, 7) is 7.33. The molecule has 1 N–H and O–H groups in total. The van der Waals surface area contributed by atoms with Gasteiger partial charge in [0.05, 0.1) is 11.9 Å². The molecule has 1 aliphatic heterocycles. The fourth-order valence-electron chi connectivity index (χ4n) is 3.14. The van der Waals surface area contributed by atoms with Crippen LogP contribution < -0.4 is 5.32 Å². The smallest absolute Gasteiger partial charge is 0.225 e. The van der Waals surface area contributed by atoms with Crippen molar-refractivity contribution in [3.8, 4) is 0 Å². The fourth-order valence-corrected chi connectivity index (χ4v) is 3.14. The van der Waals surface area contributed by atoms with Crippen molar-refractivity contribution in [3.63, 3.8) is 0 Å². The first-order valence-electron chi connectivity index (χ1n) is 8.70. The number of rotatable bonds is 4. The lowest BCUT2D eigenvalue weighted by atomic mass is 9.93. The molecule has 3 rings (SSSR count). The lowest BCUT2D eigenvalue weighted by Gasteiger charge is -2.33. The molecule has 2 aromatic rings. The van der Waals surface area contributed by atoms with Crippen LogP contribution in [0, 0.1) is 12.8 Å². The fraction of sp³-hybridized carbons (Fsp3) is 0.500. The first kappa shape index (κ1) is 17.3. The van der Waals surface area contributed by atoms with Gasteiger partial charge in [-0.25, -0.2) is 15.0 Å². The molecule has 0 saturated carbocycles. The third-order valence-electron chi connectivity index (χ3n) is 4.32. The van der Waals surface area contributed by atoms with Crippen molar-refractivity contribution < 1.29 is 4.79 Å². The average Bonchev–Trinajstić information content (AvgIpc) is 2.61. The maximum Gasteiger partial charge on any atom is 0.225 e. The topological polar surface area (TPSA) is 83.9 Å². The summed E-state index contributed by atoms with van der Waals surface area (Å²) in [5.41, 5.74) is 0.972. The normalized spacial score (nSPS) is 17.6. The van der Waals surface area contributed by atoms with Crippen LogP contribution in [0.2, 0.25) is 0 Å². The minimum absolute atomic E-state index is 0.0276. The van der Waals surface area contributed by atoms with Crippen LogP contribution >= 0.6 is 0 Å². The number of nitrogens with zero attached hydrogens (tertiary/aromatic N) is 5. The largest absolute Gasteiger partial charge is 0.342 e. The highest BCUT2D eigenvalue weighted by Crippen LogP contribution is 2.28. The van der Waals surface area contributed by atoms with Gasteiger partial charge in [-0.2, -0.15) is 0 Å². The first-order chi connectivity index (χ1) is 12.0. The van der Waals surface area contributed by atoms with Crippen molar-refractivity contribution in [2.24, 2.45) is 5.92 Å². The number of amides is 1. The molecule has 1 fully saturated rings. The molecule has 7 heteroatoms.